The van der Waals surface area contributed by atoms with E-state index >= 15 is 0 Å². The van der Waals surface area contributed by atoms with Crippen LogP contribution in [-0.4, -0.2) is 21.6 Å². The lowest BCUT2D eigenvalue weighted by Crippen LogP contribution is -2.35. The summed E-state index contributed by atoms with van der Waals surface area (Å²) in [7, 11) is 0. The van der Waals surface area contributed by atoms with Crippen molar-refractivity contribution >= 4 is 23.3 Å². The molecule has 0 fully saturated rings. The molecule has 6 nitrogen and oxygen atoms in total. The van der Waals surface area contributed by atoms with Gasteiger partial charge in [-0.1, -0.05) is 18.2 Å². The summed E-state index contributed by atoms with van der Waals surface area (Å²) in [4.78, 5) is 24.7. The zero-order valence-electron chi connectivity index (χ0n) is 13.6. The highest BCUT2D eigenvalue weighted by molar-refractivity contribution is 6.01. The lowest BCUT2D eigenvalue weighted by atomic mass is 10.1. The van der Waals surface area contributed by atoms with Gasteiger partial charge in [-0.25, -0.2) is 9.07 Å². The van der Waals surface area contributed by atoms with Crippen LogP contribution in [0.15, 0.2) is 60.7 Å². The highest BCUT2D eigenvalue weighted by atomic mass is 19.1. The Bertz CT molecular complexity index is 967. The Labute approximate surface area is 148 Å². The van der Waals surface area contributed by atoms with Crippen LogP contribution in [0.25, 0.3) is 11.3 Å². The molecule has 0 bridgehead atoms. The monoisotopic (exact) mass is 350 g/mol. The summed E-state index contributed by atoms with van der Waals surface area (Å²) in [6.07, 6.45) is -0.00377. The quantitative estimate of drug-likeness (QED) is 0.762. The van der Waals surface area contributed by atoms with Gasteiger partial charge in [0.15, 0.2) is 0 Å². The van der Waals surface area contributed by atoms with Gasteiger partial charge in [0.2, 0.25) is 11.8 Å². The molecule has 1 aromatic heterocycles. The number of aromatic nitrogens is 2. The van der Waals surface area contributed by atoms with Crippen LogP contribution < -0.4 is 10.6 Å². The van der Waals surface area contributed by atoms with E-state index < -0.39 is 6.04 Å². The first-order valence-corrected chi connectivity index (χ1v) is 8.11. The number of anilines is 2. The Morgan fingerprint density at radius 1 is 1.15 bits per heavy atom. The minimum atomic E-state index is -0.756. The summed E-state index contributed by atoms with van der Waals surface area (Å²) < 4.78 is 14.6. The number of amides is 2. The number of hydrogen-bond acceptors (Lipinski definition) is 3. The molecule has 2 amide bonds. The molecule has 2 N–H and O–H groups in total. The van der Waals surface area contributed by atoms with E-state index in [1.54, 1.807) is 30.3 Å². The van der Waals surface area contributed by atoms with Crippen molar-refractivity contribution < 1.29 is 14.0 Å². The smallest absolute Gasteiger partial charge is 0.249 e. The van der Waals surface area contributed by atoms with Gasteiger partial charge in [0, 0.05) is 17.3 Å². The molecule has 2 heterocycles. The van der Waals surface area contributed by atoms with Crippen LogP contribution in [0.1, 0.15) is 12.5 Å². The number of benzene rings is 2. The number of fused-ring (bicyclic) bond motifs is 1. The summed E-state index contributed by atoms with van der Waals surface area (Å²) >= 11 is 0. The van der Waals surface area contributed by atoms with Crippen molar-refractivity contribution in [2.75, 3.05) is 10.6 Å². The second-order valence-electron chi connectivity index (χ2n) is 5.99. The van der Waals surface area contributed by atoms with Gasteiger partial charge in [-0.05, 0) is 36.4 Å². The molecule has 4 rings (SSSR count). The van der Waals surface area contributed by atoms with Crippen molar-refractivity contribution in [3.05, 3.63) is 66.5 Å². The number of carbonyl (C=O) groups excluding carboxylic acids is 2. The van der Waals surface area contributed by atoms with E-state index in [1.807, 2.05) is 18.2 Å². The van der Waals surface area contributed by atoms with Crippen LogP contribution in [0, 0.1) is 5.82 Å². The first-order chi connectivity index (χ1) is 12.6. The molecule has 0 aliphatic carbocycles. The predicted molar refractivity (Wildman–Crippen MR) is 95.0 cm³/mol. The third-order valence-corrected chi connectivity index (χ3v) is 4.16. The van der Waals surface area contributed by atoms with Crippen molar-refractivity contribution in [3.63, 3.8) is 0 Å². The van der Waals surface area contributed by atoms with Crippen molar-refractivity contribution in [2.24, 2.45) is 0 Å². The van der Waals surface area contributed by atoms with Gasteiger partial charge in [-0.2, -0.15) is 5.10 Å². The molecule has 2 aromatic carbocycles. The number of nitrogens with one attached hydrogen (secondary N) is 2. The SMILES string of the molecule is O=C1C[C@@H](C(=O)Nc2ccccc2)n2nc(-c3ccc(F)cc3)cc2N1. The second kappa shape index (κ2) is 6.44. The van der Waals surface area contributed by atoms with Gasteiger partial charge < -0.3 is 10.6 Å². The number of rotatable bonds is 3. The number of para-hydroxylation sites is 1. The van der Waals surface area contributed by atoms with Gasteiger partial charge in [-0.15, -0.1) is 0 Å². The normalized spacial score (nSPS) is 15.9. The second-order valence-corrected chi connectivity index (χ2v) is 5.99. The van der Waals surface area contributed by atoms with Crippen LogP contribution in [0.2, 0.25) is 0 Å². The van der Waals surface area contributed by atoms with E-state index in [4.69, 9.17) is 0 Å². The average molecular weight is 350 g/mol. The molecular formula is C19H15FN4O2. The lowest BCUT2D eigenvalue weighted by Gasteiger charge is -2.23. The van der Waals surface area contributed by atoms with Gasteiger partial charge in [0.25, 0.3) is 0 Å². The molecular weight excluding hydrogens is 335 g/mol. The summed E-state index contributed by atoms with van der Waals surface area (Å²) in [6, 6.07) is 15.8. The van der Waals surface area contributed by atoms with E-state index in [9.17, 15) is 14.0 Å². The Balaban J connectivity index is 1.65. The van der Waals surface area contributed by atoms with Crippen molar-refractivity contribution in [1.29, 1.82) is 0 Å². The van der Waals surface area contributed by atoms with E-state index in [0.29, 0.717) is 22.8 Å². The third-order valence-electron chi connectivity index (χ3n) is 4.16. The summed E-state index contributed by atoms with van der Waals surface area (Å²) in [6.45, 7) is 0. The first kappa shape index (κ1) is 16.0. The third kappa shape index (κ3) is 3.06. The highest BCUT2D eigenvalue weighted by Crippen LogP contribution is 2.30. The van der Waals surface area contributed by atoms with Gasteiger partial charge in [0.05, 0.1) is 12.1 Å². The minimum Gasteiger partial charge on any atom is -0.324 e. The molecule has 0 radical (unpaired) electrons. The number of halogens is 1. The Kier molecular flexibility index (Phi) is 3.96. The number of nitrogens with zero attached hydrogens (tertiary/aromatic N) is 2. The van der Waals surface area contributed by atoms with Gasteiger partial charge >= 0.3 is 0 Å². The number of hydrogen-bond donors (Lipinski definition) is 2. The lowest BCUT2D eigenvalue weighted by molar-refractivity contribution is -0.125. The molecule has 0 unspecified atom stereocenters. The molecule has 3 aromatic rings. The highest BCUT2D eigenvalue weighted by Gasteiger charge is 2.32. The minimum absolute atomic E-state index is 0.00377. The van der Waals surface area contributed by atoms with E-state index in [-0.39, 0.29) is 24.1 Å². The zero-order chi connectivity index (χ0) is 18.1. The first-order valence-electron chi connectivity index (χ1n) is 8.11. The van der Waals surface area contributed by atoms with Crippen molar-refractivity contribution in [1.82, 2.24) is 9.78 Å². The fraction of sp³-hybridized carbons (Fsp3) is 0.105. The van der Waals surface area contributed by atoms with Crippen LogP contribution in [0.4, 0.5) is 15.9 Å². The molecule has 0 spiro atoms. The van der Waals surface area contributed by atoms with Crippen LogP contribution in [0.5, 0.6) is 0 Å². The van der Waals surface area contributed by atoms with Crippen LogP contribution in [0.3, 0.4) is 0 Å². The Morgan fingerprint density at radius 3 is 2.62 bits per heavy atom. The molecule has 0 saturated heterocycles. The van der Waals surface area contributed by atoms with E-state index in [1.165, 1.54) is 16.8 Å². The van der Waals surface area contributed by atoms with E-state index in [2.05, 4.69) is 15.7 Å². The maximum Gasteiger partial charge on any atom is 0.249 e. The molecule has 1 aliphatic heterocycles. The Morgan fingerprint density at radius 2 is 1.88 bits per heavy atom. The van der Waals surface area contributed by atoms with Gasteiger partial charge in [0.1, 0.15) is 17.7 Å². The summed E-state index contributed by atoms with van der Waals surface area (Å²) in [5.41, 5.74) is 1.90. The largest absolute Gasteiger partial charge is 0.324 e. The molecule has 1 aliphatic rings. The fourth-order valence-electron chi connectivity index (χ4n) is 2.89. The van der Waals surface area contributed by atoms with Crippen LogP contribution in [-0.2, 0) is 9.59 Å². The molecule has 7 heteroatoms. The van der Waals surface area contributed by atoms with Gasteiger partial charge in [-0.3, -0.25) is 9.59 Å². The molecule has 1 atom stereocenters. The summed E-state index contributed by atoms with van der Waals surface area (Å²) in [5.74, 6) is -0.475. The predicted octanol–water partition coefficient (Wildman–Crippen LogP) is 3.21. The van der Waals surface area contributed by atoms with Crippen molar-refractivity contribution in [2.45, 2.75) is 12.5 Å². The van der Waals surface area contributed by atoms with Crippen LogP contribution >= 0.6 is 0 Å². The zero-order valence-corrected chi connectivity index (χ0v) is 13.6. The maximum absolute atomic E-state index is 13.1. The molecule has 130 valence electrons. The van der Waals surface area contributed by atoms with E-state index in [0.717, 1.165) is 0 Å². The number of carbonyl (C=O) groups is 2. The fourth-order valence-corrected chi connectivity index (χ4v) is 2.89. The van der Waals surface area contributed by atoms with Crippen molar-refractivity contribution in [3.8, 4) is 11.3 Å². The average Bonchev–Trinajstić information content (AvgIpc) is 3.06. The molecule has 26 heavy (non-hydrogen) atoms. The topological polar surface area (TPSA) is 76.0 Å². The Hall–Kier alpha value is -3.48. The summed E-state index contributed by atoms with van der Waals surface area (Å²) in [5, 5.41) is 9.97. The standard InChI is InChI=1S/C19H15FN4O2/c20-13-8-6-12(7-9-13)15-10-17-22-18(25)11-16(24(17)23-15)19(26)21-14-4-2-1-3-5-14/h1-10,16H,11H2,(H,21,26)(H,22,25)/t16-/m0/s1. The molecule has 0 saturated carbocycles. The maximum atomic E-state index is 13.1.